The molecule has 7 heteroatoms. The maximum absolute atomic E-state index is 12.5. The van der Waals surface area contributed by atoms with Crippen molar-refractivity contribution in [1.82, 2.24) is 0 Å². The van der Waals surface area contributed by atoms with Crippen LogP contribution < -0.4 is 14.4 Å². The number of benzene rings is 2. The number of anilines is 2. The van der Waals surface area contributed by atoms with Gasteiger partial charge in [0, 0.05) is 30.1 Å². The number of rotatable bonds is 6. The lowest BCUT2D eigenvalue weighted by atomic mass is 10.1. The van der Waals surface area contributed by atoms with E-state index in [1.807, 2.05) is 6.07 Å². The van der Waals surface area contributed by atoms with Crippen LogP contribution in [0.4, 0.5) is 11.4 Å². The second-order valence-corrected chi connectivity index (χ2v) is 7.16. The molecule has 0 radical (unpaired) electrons. The zero-order valence-electron chi connectivity index (χ0n) is 13.8. The van der Waals surface area contributed by atoms with E-state index in [4.69, 9.17) is 4.74 Å². The molecule has 2 aromatic carbocycles. The Bertz CT molecular complexity index is 817. The molecule has 0 fully saturated rings. The molecule has 0 saturated carbocycles. The molecule has 2 aromatic rings. The van der Waals surface area contributed by atoms with Crippen LogP contribution in [0.15, 0.2) is 48.5 Å². The second-order valence-electron chi connectivity index (χ2n) is 5.15. The molecule has 1 amide bonds. The Morgan fingerprint density at radius 2 is 1.83 bits per heavy atom. The summed E-state index contributed by atoms with van der Waals surface area (Å²) in [5.74, 6) is 0.455. The van der Waals surface area contributed by atoms with Crippen LogP contribution in [-0.2, 0) is 10.0 Å². The summed E-state index contributed by atoms with van der Waals surface area (Å²) >= 11 is 0. The summed E-state index contributed by atoms with van der Waals surface area (Å²) in [5, 5.41) is 0. The van der Waals surface area contributed by atoms with Gasteiger partial charge >= 0.3 is 0 Å². The smallest absolute Gasteiger partial charge is 0.258 e. The van der Waals surface area contributed by atoms with Gasteiger partial charge in [0.15, 0.2) is 0 Å². The fourth-order valence-electron chi connectivity index (χ4n) is 2.06. The predicted molar refractivity (Wildman–Crippen MR) is 95.3 cm³/mol. The Morgan fingerprint density at radius 1 is 1.17 bits per heavy atom. The van der Waals surface area contributed by atoms with Crippen molar-refractivity contribution in [2.24, 2.45) is 0 Å². The molecular formula is C17H20N2O4S. The van der Waals surface area contributed by atoms with E-state index in [2.05, 4.69) is 4.72 Å². The highest BCUT2D eigenvalue weighted by Gasteiger charge is 2.14. The molecule has 0 aliphatic heterocycles. The molecule has 0 aliphatic carbocycles. The fourth-order valence-corrected chi connectivity index (χ4v) is 2.70. The van der Waals surface area contributed by atoms with Crippen molar-refractivity contribution in [3.8, 4) is 5.75 Å². The van der Waals surface area contributed by atoms with E-state index in [1.165, 1.54) is 4.90 Å². The summed E-state index contributed by atoms with van der Waals surface area (Å²) in [6.45, 7) is 1.56. The Kier molecular flexibility index (Phi) is 5.46. The zero-order chi connectivity index (χ0) is 17.7. The number of sulfonamides is 1. The van der Waals surface area contributed by atoms with Crippen LogP contribution in [0.3, 0.4) is 0 Å². The number of carbonyl (C=O) groups excluding carboxylic acids is 1. The summed E-state index contributed by atoms with van der Waals surface area (Å²) in [6.07, 6.45) is 0. The highest BCUT2D eigenvalue weighted by molar-refractivity contribution is 7.92. The van der Waals surface area contributed by atoms with Crippen molar-refractivity contribution in [2.45, 2.75) is 6.92 Å². The number of methoxy groups -OCH3 is 1. The maximum Gasteiger partial charge on any atom is 0.258 e. The topological polar surface area (TPSA) is 75.7 Å². The van der Waals surface area contributed by atoms with E-state index >= 15 is 0 Å². The molecule has 0 aromatic heterocycles. The minimum absolute atomic E-state index is 0.00768. The lowest BCUT2D eigenvalue weighted by Crippen LogP contribution is -2.26. The number of ether oxygens (including phenoxy) is 1. The largest absolute Gasteiger partial charge is 0.497 e. The monoisotopic (exact) mass is 348 g/mol. The molecule has 1 N–H and O–H groups in total. The van der Waals surface area contributed by atoms with Crippen molar-refractivity contribution in [3.63, 3.8) is 0 Å². The van der Waals surface area contributed by atoms with Gasteiger partial charge in [0.2, 0.25) is 10.0 Å². The molecule has 0 aliphatic rings. The minimum Gasteiger partial charge on any atom is -0.497 e. The van der Waals surface area contributed by atoms with Gasteiger partial charge in [-0.15, -0.1) is 0 Å². The van der Waals surface area contributed by atoms with Gasteiger partial charge in [0.25, 0.3) is 5.91 Å². The van der Waals surface area contributed by atoms with E-state index < -0.39 is 10.0 Å². The number of hydrogen-bond donors (Lipinski definition) is 1. The van der Waals surface area contributed by atoms with Crippen LogP contribution >= 0.6 is 0 Å². The molecule has 0 spiro atoms. The van der Waals surface area contributed by atoms with Crippen LogP contribution in [0.2, 0.25) is 0 Å². The van der Waals surface area contributed by atoms with Crippen LogP contribution in [-0.4, -0.2) is 34.2 Å². The van der Waals surface area contributed by atoms with Crippen molar-refractivity contribution in [3.05, 3.63) is 54.1 Å². The van der Waals surface area contributed by atoms with Crippen LogP contribution in [0, 0.1) is 0 Å². The van der Waals surface area contributed by atoms with Crippen molar-refractivity contribution >= 4 is 27.3 Å². The molecule has 0 heterocycles. The molecule has 0 saturated heterocycles. The minimum atomic E-state index is -3.33. The van der Waals surface area contributed by atoms with Gasteiger partial charge in [-0.2, -0.15) is 0 Å². The first-order chi connectivity index (χ1) is 11.4. The first-order valence-corrected chi connectivity index (χ1v) is 9.04. The maximum atomic E-state index is 12.5. The Hall–Kier alpha value is -2.54. The third-order valence-corrected chi connectivity index (χ3v) is 4.84. The SMILES string of the molecule is CCS(=O)(=O)Nc1ccc(C(=O)N(C)c2cccc(OC)c2)cc1. The molecule has 0 unspecified atom stereocenters. The van der Waals surface area contributed by atoms with Crippen LogP contribution in [0.5, 0.6) is 5.75 Å². The van der Waals surface area contributed by atoms with Crippen LogP contribution in [0.1, 0.15) is 17.3 Å². The third kappa shape index (κ3) is 4.26. The van der Waals surface area contributed by atoms with Gasteiger partial charge in [0.05, 0.1) is 12.9 Å². The van der Waals surface area contributed by atoms with Crippen molar-refractivity contribution < 1.29 is 17.9 Å². The quantitative estimate of drug-likeness (QED) is 0.871. The average molecular weight is 348 g/mol. The van der Waals surface area contributed by atoms with Crippen molar-refractivity contribution in [1.29, 1.82) is 0 Å². The fraction of sp³-hybridized carbons (Fsp3) is 0.235. The lowest BCUT2D eigenvalue weighted by molar-refractivity contribution is 0.0993. The number of nitrogens with zero attached hydrogens (tertiary/aromatic N) is 1. The van der Waals surface area contributed by atoms with Gasteiger partial charge in [0.1, 0.15) is 5.75 Å². The second kappa shape index (κ2) is 7.35. The molecular weight excluding hydrogens is 328 g/mol. The van der Waals surface area contributed by atoms with Gasteiger partial charge in [-0.3, -0.25) is 9.52 Å². The highest BCUT2D eigenvalue weighted by atomic mass is 32.2. The summed E-state index contributed by atoms with van der Waals surface area (Å²) in [4.78, 5) is 14.1. The zero-order valence-corrected chi connectivity index (χ0v) is 14.6. The van der Waals surface area contributed by atoms with Gasteiger partial charge < -0.3 is 9.64 Å². The molecule has 128 valence electrons. The normalized spacial score (nSPS) is 11.0. The standard InChI is InChI=1S/C17H20N2O4S/c1-4-24(21,22)18-14-10-8-13(9-11-14)17(20)19(2)15-6-5-7-16(12-15)23-3/h5-12,18H,4H2,1-3H3. The van der Waals surface area contributed by atoms with Gasteiger partial charge in [-0.1, -0.05) is 6.07 Å². The van der Waals surface area contributed by atoms with E-state index in [-0.39, 0.29) is 11.7 Å². The average Bonchev–Trinajstić information content (AvgIpc) is 2.61. The highest BCUT2D eigenvalue weighted by Crippen LogP contribution is 2.22. The molecule has 2 rings (SSSR count). The lowest BCUT2D eigenvalue weighted by Gasteiger charge is -2.18. The summed E-state index contributed by atoms with van der Waals surface area (Å²) in [5.41, 5.74) is 1.59. The molecule has 6 nitrogen and oxygen atoms in total. The first kappa shape index (κ1) is 17.8. The Morgan fingerprint density at radius 3 is 2.42 bits per heavy atom. The molecule has 0 bridgehead atoms. The van der Waals surface area contributed by atoms with Crippen molar-refractivity contribution in [2.75, 3.05) is 29.5 Å². The van der Waals surface area contributed by atoms with Gasteiger partial charge in [-0.25, -0.2) is 8.42 Å². The van der Waals surface area contributed by atoms with E-state index in [9.17, 15) is 13.2 Å². The number of hydrogen-bond acceptors (Lipinski definition) is 4. The van der Waals surface area contributed by atoms with E-state index in [0.29, 0.717) is 22.7 Å². The number of amides is 1. The first-order valence-electron chi connectivity index (χ1n) is 7.39. The molecule has 24 heavy (non-hydrogen) atoms. The van der Waals surface area contributed by atoms with E-state index in [0.717, 1.165) is 0 Å². The number of nitrogens with one attached hydrogen (secondary N) is 1. The summed E-state index contributed by atoms with van der Waals surface area (Å²) < 4.78 is 30.7. The summed E-state index contributed by atoms with van der Waals surface area (Å²) in [7, 11) is -0.0940. The predicted octanol–water partition coefficient (Wildman–Crippen LogP) is 2.73. The number of carbonyl (C=O) groups is 1. The Labute approximate surface area is 142 Å². The van der Waals surface area contributed by atoms with E-state index in [1.54, 1.807) is 63.5 Å². The van der Waals surface area contributed by atoms with Gasteiger partial charge in [-0.05, 0) is 43.3 Å². The Balaban J connectivity index is 2.17. The third-order valence-electron chi connectivity index (χ3n) is 3.53. The van der Waals surface area contributed by atoms with Crippen LogP contribution in [0.25, 0.3) is 0 Å². The summed E-state index contributed by atoms with van der Waals surface area (Å²) in [6, 6.07) is 13.5. The molecule has 0 atom stereocenters.